The van der Waals surface area contributed by atoms with Crippen molar-refractivity contribution in [1.82, 2.24) is 20.0 Å². The van der Waals surface area contributed by atoms with Crippen LogP contribution in [0.4, 0.5) is 0 Å². The maximum Gasteiger partial charge on any atom is 0.193 e. The molecule has 0 amide bonds. The normalized spacial score (nSPS) is 24.5. The largest absolute Gasteiger partial charge is 0.497 e. The molecule has 7 nitrogen and oxygen atoms in total. The highest BCUT2D eigenvalue weighted by molar-refractivity contribution is 5.80. The molecular formula is C24H39N5O2. The minimum atomic E-state index is 0.642. The zero-order valence-electron chi connectivity index (χ0n) is 19.3. The molecular weight excluding hydrogens is 390 g/mol. The lowest BCUT2D eigenvalue weighted by Gasteiger charge is -2.33. The Morgan fingerprint density at radius 1 is 1.06 bits per heavy atom. The fourth-order valence-corrected chi connectivity index (χ4v) is 5.08. The standard InChI is InChI=1S/C24H39N5O2/c1-25-24(29-12-9-22(19-29)28-13-15-31-16-14-28)26-17-20-7-10-27(11-8-20)18-21-3-5-23(30-2)6-4-21/h3-6,20,22H,7-19H2,1-2H3,(H,25,26). The number of aliphatic imine (C=N–C) groups is 1. The van der Waals surface area contributed by atoms with Gasteiger partial charge in [0, 0.05) is 52.4 Å². The summed E-state index contributed by atoms with van der Waals surface area (Å²) < 4.78 is 10.8. The van der Waals surface area contributed by atoms with Gasteiger partial charge < -0.3 is 19.7 Å². The van der Waals surface area contributed by atoms with Gasteiger partial charge in [0.1, 0.15) is 5.75 Å². The summed E-state index contributed by atoms with van der Waals surface area (Å²) in [4.78, 5) is 12.2. The average Bonchev–Trinajstić information content (AvgIpc) is 3.32. The third-order valence-electron chi connectivity index (χ3n) is 7.06. The Morgan fingerprint density at radius 3 is 2.48 bits per heavy atom. The molecule has 172 valence electrons. The molecule has 1 N–H and O–H groups in total. The van der Waals surface area contributed by atoms with E-state index in [0.29, 0.717) is 6.04 Å². The van der Waals surface area contributed by atoms with E-state index in [1.807, 2.05) is 7.05 Å². The van der Waals surface area contributed by atoms with Crippen LogP contribution in [0, 0.1) is 5.92 Å². The molecule has 3 aliphatic rings. The van der Waals surface area contributed by atoms with Crippen molar-refractivity contribution in [2.45, 2.75) is 31.8 Å². The number of methoxy groups -OCH3 is 1. The first-order valence-electron chi connectivity index (χ1n) is 11.9. The number of nitrogens with zero attached hydrogens (tertiary/aromatic N) is 4. The molecule has 31 heavy (non-hydrogen) atoms. The number of likely N-dealkylation sites (tertiary alicyclic amines) is 2. The van der Waals surface area contributed by atoms with Crippen molar-refractivity contribution in [3.8, 4) is 5.75 Å². The zero-order valence-corrected chi connectivity index (χ0v) is 19.3. The fourth-order valence-electron chi connectivity index (χ4n) is 5.08. The second kappa shape index (κ2) is 11.2. The molecule has 3 aliphatic heterocycles. The Balaban J connectivity index is 1.17. The summed E-state index contributed by atoms with van der Waals surface area (Å²) in [5.41, 5.74) is 1.36. The molecule has 3 fully saturated rings. The number of rotatable bonds is 6. The van der Waals surface area contributed by atoms with Crippen LogP contribution in [0.2, 0.25) is 0 Å². The number of morpholine rings is 1. The van der Waals surface area contributed by atoms with Crippen LogP contribution in [-0.2, 0) is 11.3 Å². The van der Waals surface area contributed by atoms with Crippen LogP contribution in [-0.4, -0.2) is 99.9 Å². The third-order valence-corrected chi connectivity index (χ3v) is 7.06. The second-order valence-electron chi connectivity index (χ2n) is 9.03. The minimum Gasteiger partial charge on any atom is -0.497 e. The van der Waals surface area contributed by atoms with E-state index in [2.05, 4.69) is 49.3 Å². The first-order chi connectivity index (χ1) is 15.2. The molecule has 4 rings (SSSR count). The SMILES string of the molecule is CN=C(NCC1CCN(Cc2ccc(OC)cc2)CC1)N1CCC(N2CCOCC2)C1. The van der Waals surface area contributed by atoms with Gasteiger partial charge in [-0.15, -0.1) is 0 Å². The summed E-state index contributed by atoms with van der Waals surface area (Å²) >= 11 is 0. The van der Waals surface area contributed by atoms with Gasteiger partial charge in [-0.1, -0.05) is 12.1 Å². The fraction of sp³-hybridized carbons (Fsp3) is 0.708. The predicted octanol–water partition coefficient (Wildman–Crippen LogP) is 1.89. The van der Waals surface area contributed by atoms with Gasteiger partial charge in [0.15, 0.2) is 5.96 Å². The van der Waals surface area contributed by atoms with Gasteiger partial charge in [-0.2, -0.15) is 0 Å². The number of hydrogen-bond acceptors (Lipinski definition) is 5. The third kappa shape index (κ3) is 6.11. The van der Waals surface area contributed by atoms with Gasteiger partial charge in [0.05, 0.1) is 20.3 Å². The smallest absolute Gasteiger partial charge is 0.193 e. The van der Waals surface area contributed by atoms with Gasteiger partial charge in [0.25, 0.3) is 0 Å². The first kappa shape index (κ1) is 22.4. The molecule has 1 aromatic carbocycles. The lowest BCUT2D eigenvalue weighted by molar-refractivity contribution is 0.0194. The Kier molecular flexibility index (Phi) is 8.05. The zero-order chi connectivity index (χ0) is 21.5. The number of piperidine rings is 1. The number of guanidine groups is 1. The molecule has 0 spiro atoms. The van der Waals surface area contributed by atoms with Crippen LogP contribution in [0.25, 0.3) is 0 Å². The minimum absolute atomic E-state index is 0.642. The molecule has 1 atom stereocenters. The van der Waals surface area contributed by atoms with Crippen molar-refractivity contribution in [3.63, 3.8) is 0 Å². The van der Waals surface area contributed by atoms with E-state index in [-0.39, 0.29) is 0 Å². The van der Waals surface area contributed by atoms with Crippen LogP contribution < -0.4 is 10.1 Å². The highest BCUT2D eigenvalue weighted by Crippen LogP contribution is 2.21. The monoisotopic (exact) mass is 429 g/mol. The van der Waals surface area contributed by atoms with Gasteiger partial charge in [-0.3, -0.25) is 14.8 Å². The van der Waals surface area contributed by atoms with Gasteiger partial charge in [0.2, 0.25) is 0 Å². The molecule has 1 aromatic rings. The summed E-state index contributed by atoms with van der Waals surface area (Å²) in [6, 6.07) is 9.11. The van der Waals surface area contributed by atoms with E-state index >= 15 is 0 Å². The molecule has 0 aliphatic carbocycles. The van der Waals surface area contributed by atoms with Crippen LogP contribution in [0.3, 0.4) is 0 Å². The van der Waals surface area contributed by atoms with Crippen molar-refractivity contribution in [3.05, 3.63) is 29.8 Å². The van der Waals surface area contributed by atoms with E-state index in [1.54, 1.807) is 7.11 Å². The van der Waals surface area contributed by atoms with Crippen LogP contribution in [0.15, 0.2) is 29.3 Å². The number of benzene rings is 1. The van der Waals surface area contributed by atoms with E-state index in [4.69, 9.17) is 9.47 Å². The summed E-state index contributed by atoms with van der Waals surface area (Å²) in [7, 11) is 3.64. The molecule has 3 heterocycles. The first-order valence-corrected chi connectivity index (χ1v) is 11.9. The molecule has 3 saturated heterocycles. The van der Waals surface area contributed by atoms with Crippen LogP contribution >= 0.6 is 0 Å². The van der Waals surface area contributed by atoms with Crippen molar-refractivity contribution in [2.24, 2.45) is 10.9 Å². The summed E-state index contributed by atoms with van der Waals surface area (Å²) in [5, 5.41) is 3.68. The summed E-state index contributed by atoms with van der Waals surface area (Å²) in [6.07, 6.45) is 3.72. The lowest BCUT2D eigenvalue weighted by Crippen LogP contribution is -2.47. The van der Waals surface area contributed by atoms with Crippen molar-refractivity contribution < 1.29 is 9.47 Å². The Bertz CT molecular complexity index is 696. The molecule has 1 unspecified atom stereocenters. The molecule has 0 saturated carbocycles. The van der Waals surface area contributed by atoms with Gasteiger partial charge in [-0.25, -0.2) is 0 Å². The van der Waals surface area contributed by atoms with E-state index in [0.717, 1.165) is 70.1 Å². The molecule has 7 heteroatoms. The van der Waals surface area contributed by atoms with E-state index in [9.17, 15) is 0 Å². The van der Waals surface area contributed by atoms with Gasteiger partial charge in [-0.05, 0) is 56.0 Å². The average molecular weight is 430 g/mol. The molecule has 0 aromatic heterocycles. The topological polar surface area (TPSA) is 52.6 Å². The number of ether oxygens (including phenoxy) is 2. The highest BCUT2D eigenvalue weighted by atomic mass is 16.5. The lowest BCUT2D eigenvalue weighted by atomic mass is 9.96. The summed E-state index contributed by atoms with van der Waals surface area (Å²) in [5.74, 6) is 2.73. The number of nitrogens with one attached hydrogen (secondary N) is 1. The second-order valence-corrected chi connectivity index (χ2v) is 9.03. The molecule has 0 radical (unpaired) electrons. The Labute approximate surface area is 187 Å². The van der Waals surface area contributed by atoms with Crippen LogP contribution in [0.5, 0.6) is 5.75 Å². The van der Waals surface area contributed by atoms with E-state index < -0.39 is 0 Å². The van der Waals surface area contributed by atoms with Crippen LogP contribution in [0.1, 0.15) is 24.8 Å². The maximum atomic E-state index is 5.51. The van der Waals surface area contributed by atoms with Crippen molar-refractivity contribution in [1.29, 1.82) is 0 Å². The summed E-state index contributed by atoms with van der Waals surface area (Å²) in [6.45, 7) is 10.5. The Morgan fingerprint density at radius 2 is 1.81 bits per heavy atom. The predicted molar refractivity (Wildman–Crippen MR) is 125 cm³/mol. The molecule has 0 bridgehead atoms. The van der Waals surface area contributed by atoms with E-state index in [1.165, 1.54) is 37.9 Å². The Hall–Kier alpha value is -1.83. The number of hydrogen-bond donors (Lipinski definition) is 1. The van der Waals surface area contributed by atoms with Crippen molar-refractivity contribution in [2.75, 3.05) is 73.2 Å². The van der Waals surface area contributed by atoms with Gasteiger partial charge >= 0.3 is 0 Å². The highest BCUT2D eigenvalue weighted by Gasteiger charge is 2.30. The van der Waals surface area contributed by atoms with Crippen molar-refractivity contribution >= 4 is 5.96 Å². The quantitative estimate of drug-likeness (QED) is 0.551. The maximum absolute atomic E-state index is 5.51.